The van der Waals surface area contributed by atoms with Gasteiger partial charge in [0.1, 0.15) is 17.6 Å². The van der Waals surface area contributed by atoms with Gasteiger partial charge in [0.05, 0.1) is 25.0 Å². The van der Waals surface area contributed by atoms with Crippen LogP contribution in [0.15, 0.2) is 54.7 Å². The van der Waals surface area contributed by atoms with Crippen molar-refractivity contribution in [2.24, 2.45) is 0 Å². The molecule has 33 heavy (non-hydrogen) atoms. The lowest BCUT2D eigenvalue weighted by molar-refractivity contribution is -0.0250. The lowest BCUT2D eigenvalue weighted by Crippen LogP contribution is -2.43. The smallest absolute Gasteiger partial charge is 0.272 e. The Bertz CT molecular complexity index is 1340. The molecule has 0 aliphatic carbocycles. The molecule has 4 heterocycles. The number of pyridine rings is 1. The number of halogens is 1. The fraction of sp³-hybridized carbons (Fsp3) is 0.280. The number of morpholine rings is 1. The molecule has 8 heteroatoms. The molecular formula is C25H24FN5O2. The van der Waals surface area contributed by atoms with Gasteiger partial charge < -0.3 is 9.64 Å². The van der Waals surface area contributed by atoms with Crippen LogP contribution in [-0.2, 0) is 11.2 Å². The van der Waals surface area contributed by atoms with E-state index in [2.05, 4.69) is 15.1 Å². The fourth-order valence-electron chi connectivity index (χ4n) is 4.26. The summed E-state index contributed by atoms with van der Waals surface area (Å²) >= 11 is 0. The Balaban J connectivity index is 1.39. The highest BCUT2D eigenvalue weighted by molar-refractivity contribution is 5.93. The molecule has 1 fully saturated rings. The number of ether oxygens (including phenoxy) is 1. The minimum atomic E-state index is -0.363. The van der Waals surface area contributed by atoms with Gasteiger partial charge in [0.25, 0.3) is 5.91 Å². The summed E-state index contributed by atoms with van der Waals surface area (Å²) in [6.45, 7) is 5.03. The number of hydrogen-bond donors (Lipinski definition) is 0. The molecule has 168 valence electrons. The van der Waals surface area contributed by atoms with Gasteiger partial charge in [0, 0.05) is 30.4 Å². The summed E-state index contributed by atoms with van der Waals surface area (Å²) in [5, 5.41) is 4.26. The van der Waals surface area contributed by atoms with E-state index in [0.29, 0.717) is 43.0 Å². The van der Waals surface area contributed by atoms with E-state index >= 15 is 0 Å². The average molecular weight is 445 g/mol. The number of nitrogens with zero attached hydrogens (tertiary/aromatic N) is 5. The van der Waals surface area contributed by atoms with Crippen molar-refractivity contribution in [2.45, 2.75) is 26.4 Å². The zero-order valence-corrected chi connectivity index (χ0v) is 18.5. The molecule has 1 aliphatic heterocycles. The van der Waals surface area contributed by atoms with Crippen molar-refractivity contribution in [1.82, 2.24) is 24.5 Å². The molecule has 0 bridgehead atoms. The van der Waals surface area contributed by atoms with Gasteiger partial charge in [-0.3, -0.25) is 9.78 Å². The zero-order chi connectivity index (χ0) is 22.9. The molecule has 0 N–H and O–H groups in total. The molecule has 0 saturated carbocycles. The summed E-state index contributed by atoms with van der Waals surface area (Å²) in [6.07, 6.45) is 1.73. The Labute approximate surface area is 190 Å². The predicted octanol–water partition coefficient (Wildman–Crippen LogP) is 3.68. The number of hydrogen-bond acceptors (Lipinski definition) is 5. The number of carbonyl (C=O) groups is 1. The summed E-state index contributed by atoms with van der Waals surface area (Å²) in [7, 11) is 0. The van der Waals surface area contributed by atoms with Crippen LogP contribution in [0.1, 0.15) is 44.8 Å². The predicted molar refractivity (Wildman–Crippen MR) is 121 cm³/mol. The van der Waals surface area contributed by atoms with Crippen LogP contribution in [0.5, 0.6) is 0 Å². The fourth-order valence-corrected chi connectivity index (χ4v) is 4.26. The highest BCUT2D eigenvalue weighted by Crippen LogP contribution is 2.25. The minimum absolute atomic E-state index is 0.123. The van der Waals surface area contributed by atoms with Gasteiger partial charge in [0.15, 0.2) is 5.65 Å². The largest absolute Gasteiger partial charge is 0.368 e. The molecule has 0 unspecified atom stereocenters. The van der Waals surface area contributed by atoms with Crippen molar-refractivity contribution in [3.8, 4) is 0 Å². The van der Waals surface area contributed by atoms with E-state index in [1.807, 2.05) is 32.0 Å². The van der Waals surface area contributed by atoms with Gasteiger partial charge in [-0.2, -0.15) is 5.10 Å². The summed E-state index contributed by atoms with van der Waals surface area (Å²) < 4.78 is 21.7. The average Bonchev–Trinajstić information content (AvgIpc) is 3.28. The topological polar surface area (TPSA) is 72.6 Å². The molecule has 4 aromatic rings. The normalized spacial score (nSPS) is 16.3. The first-order chi connectivity index (χ1) is 16.0. The van der Waals surface area contributed by atoms with Crippen molar-refractivity contribution in [3.63, 3.8) is 0 Å². The maximum absolute atomic E-state index is 14.2. The second kappa shape index (κ2) is 8.71. The molecule has 7 nitrogen and oxygen atoms in total. The maximum Gasteiger partial charge on any atom is 0.272 e. The first-order valence-electron chi connectivity index (χ1n) is 10.9. The van der Waals surface area contributed by atoms with Crippen LogP contribution in [0.2, 0.25) is 0 Å². The van der Waals surface area contributed by atoms with Crippen molar-refractivity contribution < 1.29 is 13.9 Å². The molecular weight excluding hydrogens is 421 g/mol. The second-order valence-electron chi connectivity index (χ2n) is 8.30. The van der Waals surface area contributed by atoms with Gasteiger partial charge in [-0.1, -0.05) is 18.2 Å². The second-order valence-corrected chi connectivity index (χ2v) is 8.30. The van der Waals surface area contributed by atoms with E-state index in [0.717, 1.165) is 22.6 Å². The molecule has 5 rings (SSSR count). The molecule has 1 saturated heterocycles. The third-order valence-corrected chi connectivity index (χ3v) is 5.78. The highest BCUT2D eigenvalue weighted by Gasteiger charge is 2.29. The Morgan fingerprint density at radius 1 is 1.12 bits per heavy atom. The summed E-state index contributed by atoms with van der Waals surface area (Å²) in [5.74, 6) is -0.349. The molecule has 0 spiro atoms. The molecule has 0 radical (unpaired) electrons. The molecule has 1 atom stereocenters. The molecule has 1 aliphatic rings. The lowest BCUT2D eigenvalue weighted by atomic mass is 10.0. The number of fused-ring (bicyclic) bond motifs is 1. The molecule has 1 amide bonds. The van der Waals surface area contributed by atoms with Crippen molar-refractivity contribution in [2.75, 3.05) is 19.7 Å². The minimum Gasteiger partial charge on any atom is -0.368 e. The van der Waals surface area contributed by atoms with E-state index < -0.39 is 0 Å². The summed E-state index contributed by atoms with van der Waals surface area (Å²) in [5.41, 5.74) is 5.03. The van der Waals surface area contributed by atoms with E-state index in [1.54, 1.807) is 39.9 Å². The van der Waals surface area contributed by atoms with Gasteiger partial charge in [-0.25, -0.2) is 13.9 Å². The van der Waals surface area contributed by atoms with Crippen LogP contribution in [-0.4, -0.2) is 50.1 Å². The number of amides is 1. The van der Waals surface area contributed by atoms with E-state index in [9.17, 15) is 9.18 Å². The monoisotopic (exact) mass is 445 g/mol. The van der Waals surface area contributed by atoms with Gasteiger partial charge in [-0.05, 0) is 49.2 Å². The summed E-state index contributed by atoms with van der Waals surface area (Å²) in [6, 6.07) is 14.2. The first kappa shape index (κ1) is 21.2. The van der Waals surface area contributed by atoms with Gasteiger partial charge >= 0.3 is 0 Å². The van der Waals surface area contributed by atoms with Crippen LogP contribution in [0.4, 0.5) is 4.39 Å². The lowest BCUT2D eigenvalue weighted by Gasteiger charge is -2.33. The SMILES string of the molecule is Cc1cc(Cc2ccccc2F)cc([C@H]2CN(C(=O)c3cc(C)nc4ccnn34)CCO2)n1. The number of rotatable bonds is 4. The summed E-state index contributed by atoms with van der Waals surface area (Å²) in [4.78, 5) is 24.2. The number of aromatic nitrogens is 4. The Morgan fingerprint density at radius 2 is 1.94 bits per heavy atom. The third kappa shape index (κ3) is 4.34. The first-order valence-corrected chi connectivity index (χ1v) is 10.9. The van der Waals surface area contributed by atoms with Gasteiger partial charge in [0.2, 0.25) is 0 Å². The Hall–Kier alpha value is -3.65. The van der Waals surface area contributed by atoms with Crippen LogP contribution in [0.25, 0.3) is 5.65 Å². The van der Waals surface area contributed by atoms with Crippen LogP contribution < -0.4 is 0 Å². The third-order valence-electron chi connectivity index (χ3n) is 5.78. The molecule has 1 aromatic carbocycles. The van der Waals surface area contributed by atoms with Crippen LogP contribution in [0, 0.1) is 19.7 Å². The maximum atomic E-state index is 14.2. The van der Waals surface area contributed by atoms with Crippen molar-refractivity contribution >= 4 is 11.6 Å². The number of aryl methyl sites for hydroxylation is 2. The standard InChI is InChI=1S/C25H24FN5O2/c1-16-11-18(13-19-5-3-4-6-20(19)26)14-21(28-16)23-15-30(9-10-33-23)25(32)22-12-17(2)29-24-7-8-27-31(22)24/h3-8,11-12,14,23H,9-10,13,15H2,1-2H3/t23-/m1/s1. The highest BCUT2D eigenvalue weighted by atomic mass is 19.1. The molecule has 3 aromatic heterocycles. The number of benzene rings is 1. The quantitative estimate of drug-likeness (QED) is 0.479. The Kier molecular flexibility index (Phi) is 5.60. The Morgan fingerprint density at radius 3 is 2.79 bits per heavy atom. The number of carbonyl (C=O) groups excluding carboxylic acids is 1. The van der Waals surface area contributed by atoms with E-state index in [1.165, 1.54) is 6.07 Å². The van der Waals surface area contributed by atoms with Crippen LogP contribution in [0.3, 0.4) is 0 Å². The van der Waals surface area contributed by atoms with Crippen LogP contribution >= 0.6 is 0 Å². The zero-order valence-electron chi connectivity index (χ0n) is 18.5. The van der Waals surface area contributed by atoms with Crippen molar-refractivity contribution in [3.05, 3.63) is 94.4 Å². The van der Waals surface area contributed by atoms with Crippen molar-refractivity contribution in [1.29, 1.82) is 0 Å². The van der Waals surface area contributed by atoms with E-state index in [4.69, 9.17) is 4.74 Å². The van der Waals surface area contributed by atoms with Gasteiger partial charge in [-0.15, -0.1) is 0 Å². The van der Waals surface area contributed by atoms with E-state index in [-0.39, 0.29) is 17.8 Å².